The highest BCUT2D eigenvalue weighted by atomic mass is 16.3. The molecule has 1 aromatic carbocycles. The molecule has 2 N–H and O–H groups in total. The van der Waals surface area contributed by atoms with Crippen molar-refractivity contribution in [2.24, 2.45) is 0 Å². The van der Waals surface area contributed by atoms with Crippen LogP contribution in [0.2, 0.25) is 0 Å². The fraction of sp³-hybridized carbons (Fsp3) is 0.727. The zero-order valence-electron chi connectivity index (χ0n) is 17.9. The maximum absolute atomic E-state index is 11.0. The summed E-state index contributed by atoms with van der Waals surface area (Å²) in [4.78, 5) is 0. The van der Waals surface area contributed by atoms with Crippen LogP contribution in [0.25, 0.3) is 0 Å². The summed E-state index contributed by atoms with van der Waals surface area (Å²) in [6.07, 6.45) is 0. The van der Waals surface area contributed by atoms with Crippen molar-refractivity contribution in [3.63, 3.8) is 0 Å². The normalized spacial score (nSPS) is 14.2. The van der Waals surface area contributed by atoms with E-state index in [2.05, 4.69) is 83.1 Å². The summed E-state index contributed by atoms with van der Waals surface area (Å²) in [6.45, 7) is 25.7. The van der Waals surface area contributed by atoms with E-state index >= 15 is 0 Å². The molecule has 0 saturated heterocycles. The molecular weight excluding hydrogens is 296 g/mol. The van der Waals surface area contributed by atoms with Gasteiger partial charge in [0.15, 0.2) is 11.5 Å². The first-order valence-electron chi connectivity index (χ1n) is 8.95. The molecule has 2 nitrogen and oxygen atoms in total. The molecule has 0 aliphatic carbocycles. The topological polar surface area (TPSA) is 40.5 Å². The first-order valence-corrected chi connectivity index (χ1v) is 8.95. The molecule has 0 aliphatic rings. The Labute approximate surface area is 149 Å². The average molecular weight is 335 g/mol. The van der Waals surface area contributed by atoms with Gasteiger partial charge in [-0.3, -0.25) is 0 Å². The zero-order valence-corrected chi connectivity index (χ0v) is 17.9. The predicted molar refractivity (Wildman–Crippen MR) is 105 cm³/mol. The summed E-state index contributed by atoms with van der Waals surface area (Å²) in [7, 11) is 0. The van der Waals surface area contributed by atoms with E-state index < -0.39 is 0 Å². The second kappa shape index (κ2) is 5.68. The molecule has 0 aromatic heterocycles. The maximum Gasteiger partial charge on any atom is 0.161 e. The van der Waals surface area contributed by atoms with Gasteiger partial charge in [-0.1, -0.05) is 83.1 Å². The highest BCUT2D eigenvalue weighted by Gasteiger charge is 2.40. The molecule has 0 atom stereocenters. The summed E-state index contributed by atoms with van der Waals surface area (Å²) >= 11 is 0. The second-order valence-electron chi connectivity index (χ2n) is 11.2. The van der Waals surface area contributed by atoms with Gasteiger partial charge in [-0.25, -0.2) is 0 Å². The fourth-order valence-electron chi connectivity index (χ4n) is 3.68. The minimum Gasteiger partial charge on any atom is -0.504 e. The molecule has 138 valence electrons. The largest absolute Gasteiger partial charge is 0.504 e. The maximum atomic E-state index is 11.0. The Morgan fingerprint density at radius 3 is 0.667 bits per heavy atom. The van der Waals surface area contributed by atoms with E-state index in [1.54, 1.807) is 0 Å². The van der Waals surface area contributed by atoms with Crippen LogP contribution in [-0.4, -0.2) is 10.2 Å². The van der Waals surface area contributed by atoms with Crippen molar-refractivity contribution in [1.29, 1.82) is 0 Å². The molecule has 1 rings (SSSR count). The van der Waals surface area contributed by atoms with Crippen LogP contribution in [0.5, 0.6) is 11.5 Å². The first kappa shape index (κ1) is 20.9. The molecule has 0 saturated carbocycles. The number of aromatic hydroxyl groups is 2. The van der Waals surface area contributed by atoms with Crippen molar-refractivity contribution >= 4 is 0 Å². The average Bonchev–Trinajstić information content (AvgIpc) is 2.25. The van der Waals surface area contributed by atoms with Crippen molar-refractivity contribution in [2.75, 3.05) is 0 Å². The van der Waals surface area contributed by atoms with Gasteiger partial charge in [0.1, 0.15) is 0 Å². The van der Waals surface area contributed by atoms with Crippen LogP contribution < -0.4 is 0 Å². The lowest BCUT2D eigenvalue weighted by atomic mass is 9.64. The second-order valence-corrected chi connectivity index (χ2v) is 11.2. The summed E-state index contributed by atoms with van der Waals surface area (Å²) in [6, 6.07) is 0. The van der Waals surface area contributed by atoms with E-state index in [4.69, 9.17) is 0 Å². The Morgan fingerprint density at radius 1 is 0.375 bits per heavy atom. The van der Waals surface area contributed by atoms with Gasteiger partial charge in [-0.2, -0.15) is 0 Å². The molecule has 2 heteroatoms. The summed E-state index contributed by atoms with van der Waals surface area (Å²) in [5.74, 6) is 0.0932. The molecule has 0 amide bonds. The Morgan fingerprint density at radius 2 is 0.542 bits per heavy atom. The number of rotatable bonds is 0. The fourth-order valence-corrected chi connectivity index (χ4v) is 3.68. The van der Waals surface area contributed by atoms with Crippen LogP contribution in [0.4, 0.5) is 0 Å². The lowest BCUT2D eigenvalue weighted by Gasteiger charge is -2.41. The molecule has 0 spiro atoms. The van der Waals surface area contributed by atoms with Crippen molar-refractivity contribution in [3.05, 3.63) is 22.3 Å². The van der Waals surface area contributed by atoms with E-state index in [0.29, 0.717) is 0 Å². The third-order valence-corrected chi connectivity index (χ3v) is 4.45. The van der Waals surface area contributed by atoms with Gasteiger partial charge in [0.05, 0.1) is 0 Å². The van der Waals surface area contributed by atoms with E-state index in [1.807, 2.05) is 0 Å². The third-order valence-electron chi connectivity index (χ3n) is 4.45. The Kier molecular flexibility index (Phi) is 4.93. The van der Waals surface area contributed by atoms with Crippen molar-refractivity contribution < 1.29 is 10.2 Å². The molecule has 0 fully saturated rings. The van der Waals surface area contributed by atoms with Gasteiger partial charge in [-0.15, -0.1) is 0 Å². The quantitative estimate of drug-likeness (QED) is 0.547. The van der Waals surface area contributed by atoms with Gasteiger partial charge >= 0.3 is 0 Å². The zero-order chi connectivity index (χ0) is 19.5. The first-order chi connectivity index (χ1) is 10.3. The van der Waals surface area contributed by atoms with Crippen molar-refractivity contribution in [3.8, 4) is 11.5 Å². The van der Waals surface area contributed by atoms with E-state index in [-0.39, 0.29) is 33.2 Å². The number of benzene rings is 1. The highest BCUT2D eigenvalue weighted by molar-refractivity contribution is 5.65. The van der Waals surface area contributed by atoms with Crippen molar-refractivity contribution in [1.82, 2.24) is 0 Å². The van der Waals surface area contributed by atoms with Gasteiger partial charge in [0.25, 0.3) is 0 Å². The van der Waals surface area contributed by atoms with Gasteiger partial charge in [0, 0.05) is 11.1 Å². The van der Waals surface area contributed by atoms with E-state index in [1.165, 1.54) is 11.1 Å². The predicted octanol–water partition coefficient (Wildman–Crippen LogP) is 6.29. The summed E-state index contributed by atoms with van der Waals surface area (Å²) in [5.41, 5.74) is 3.26. The molecule has 24 heavy (non-hydrogen) atoms. The number of hydrogen-bond acceptors (Lipinski definition) is 2. The highest BCUT2D eigenvalue weighted by Crippen LogP contribution is 2.53. The van der Waals surface area contributed by atoms with Crippen molar-refractivity contribution in [2.45, 2.75) is 105 Å². The molecule has 1 aromatic rings. The standard InChI is InChI=1S/C22H38O2/c1-19(2,3)13-14(20(4,5)6)16(22(10,11)12)18(24)17(23)15(13)21(7,8)9/h23-24H,1-12H3. The molecule has 0 heterocycles. The van der Waals surface area contributed by atoms with Crippen LogP contribution in [0.1, 0.15) is 105 Å². The third kappa shape index (κ3) is 3.73. The van der Waals surface area contributed by atoms with Crippen LogP contribution in [-0.2, 0) is 21.7 Å². The number of hydrogen-bond donors (Lipinski definition) is 2. The van der Waals surface area contributed by atoms with Gasteiger partial charge in [-0.05, 0) is 32.8 Å². The molecule has 0 radical (unpaired) electrons. The SMILES string of the molecule is CC(C)(C)c1c(O)c(O)c(C(C)(C)C)c(C(C)(C)C)c1C(C)(C)C. The van der Waals surface area contributed by atoms with E-state index in [9.17, 15) is 10.2 Å². The van der Waals surface area contributed by atoms with Crippen LogP contribution in [0, 0.1) is 0 Å². The van der Waals surface area contributed by atoms with Gasteiger partial charge in [0.2, 0.25) is 0 Å². The van der Waals surface area contributed by atoms with Crippen LogP contribution in [0.15, 0.2) is 0 Å². The molecule has 0 unspecified atom stereocenters. The Balaban J connectivity index is 4.34. The molecule has 0 aliphatic heterocycles. The number of phenols is 2. The minimum atomic E-state index is -0.263. The smallest absolute Gasteiger partial charge is 0.161 e. The monoisotopic (exact) mass is 334 g/mol. The van der Waals surface area contributed by atoms with Gasteiger partial charge < -0.3 is 10.2 Å². The Bertz CT molecular complexity index is 568. The molecular formula is C22H38O2. The van der Waals surface area contributed by atoms with E-state index in [0.717, 1.165) is 11.1 Å². The lowest BCUT2D eigenvalue weighted by molar-refractivity contribution is 0.363. The van der Waals surface area contributed by atoms with Crippen LogP contribution >= 0.6 is 0 Å². The number of phenolic OH excluding ortho intramolecular Hbond substituents is 2. The summed E-state index contributed by atoms with van der Waals surface area (Å²) < 4.78 is 0. The Hall–Kier alpha value is -1.18. The van der Waals surface area contributed by atoms with Crippen LogP contribution in [0.3, 0.4) is 0 Å². The lowest BCUT2D eigenvalue weighted by Crippen LogP contribution is -2.32. The summed E-state index contributed by atoms with van der Waals surface area (Å²) in [5, 5.41) is 21.9. The molecule has 0 bridgehead atoms. The minimum absolute atomic E-state index is 0.0466.